The monoisotopic (exact) mass is 132 g/mol. The Morgan fingerprint density at radius 1 is 1.62 bits per heavy atom. The van der Waals surface area contributed by atoms with Crippen LogP contribution in [0.5, 0.6) is 0 Å². The number of carbonyl (C=O) groups excluding carboxylic acids is 1. The molecule has 0 atom stereocenters. The predicted octanol–water partition coefficient (Wildman–Crippen LogP) is 0.773. The van der Waals surface area contributed by atoms with E-state index >= 15 is 0 Å². The van der Waals surface area contributed by atoms with Gasteiger partial charge in [0, 0.05) is 6.04 Å². The fraction of sp³-hybridized carbons (Fsp3) is 0.800. The van der Waals surface area contributed by atoms with E-state index in [2.05, 4.69) is 0 Å². The third-order valence-electron chi connectivity index (χ3n) is 0.682. The van der Waals surface area contributed by atoms with Crippen molar-refractivity contribution in [3.8, 4) is 0 Å². The third kappa shape index (κ3) is 5.85. The summed E-state index contributed by atoms with van der Waals surface area (Å²) >= 11 is 0. The molecule has 0 rings (SSSR count). The van der Waals surface area contributed by atoms with Gasteiger partial charge < -0.3 is 9.59 Å². The van der Waals surface area contributed by atoms with Crippen molar-refractivity contribution >= 4 is 14.1 Å². The van der Waals surface area contributed by atoms with Crippen LogP contribution in [0.4, 0.5) is 0 Å². The molecule has 0 fully saturated rings. The Balaban J connectivity index is 3.55. The molecule has 0 unspecified atom stereocenters. The van der Waals surface area contributed by atoms with Gasteiger partial charge in [0.25, 0.3) is 0 Å². The number of carbonyl (C=O) groups is 1. The number of rotatable bonds is 2. The van der Waals surface area contributed by atoms with Crippen LogP contribution in [0.2, 0.25) is 19.1 Å². The van der Waals surface area contributed by atoms with E-state index in [1.54, 1.807) is 13.1 Å². The van der Waals surface area contributed by atoms with Gasteiger partial charge in [0.15, 0.2) is 8.32 Å². The summed E-state index contributed by atoms with van der Waals surface area (Å²) in [4.78, 5) is 19.4. The molecule has 0 aliphatic rings. The fourth-order valence-electron chi connectivity index (χ4n) is 0.609. The highest BCUT2D eigenvalue weighted by molar-refractivity contribution is 6.72. The second-order valence-corrected chi connectivity index (χ2v) is 6.67. The van der Waals surface area contributed by atoms with E-state index in [9.17, 15) is 4.79 Å². The highest BCUT2D eigenvalue weighted by Crippen LogP contribution is 2.03. The van der Waals surface area contributed by atoms with E-state index in [1.165, 1.54) is 6.92 Å². The van der Waals surface area contributed by atoms with Crippen LogP contribution >= 0.6 is 0 Å². The van der Waals surface area contributed by atoms with Crippen LogP contribution in [0, 0.1) is 0 Å². The molecule has 0 amide bonds. The molecular weight excluding hydrogens is 120 g/mol. The molecule has 0 aromatic heterocycles. The molecular formula is C5H12O2Si. The van der Waals surface area contributed by atoms with Crippen LogP contribution in [-0.2, 0) is 4.79 Å². The average molecular weight is 132 g/mol. The molecule has 0 aromatic rings. The first-order valence-corrected chi connectivity index (χ1v) is 5.79. The zero-order chi connectivity index (χ0) is 6.78. The topological polar surface area (TPSA) is 37.3 Å². The van der Waals surface area contributed by atoms with Gasteiger partial charge in [-0.2, -0.15) is 0 Å². The number of Topliss-reactive ketones (excluding diaryl/α,β-unsaturated/α-hetero) is 1. The predicted molar refractivity (Wildman–Crippen MR) is 35.2 cm³/mol. The largest absolute Gasteiger partial charge is 0.432 e. The molecule has 0 heterocycles. The first-order valence-electron chi connectivity index (χ1n) is 2.63. The van der Waals surface area contributed by atoms with Crippen LogP contribution in [-0.4, -0.2) is 18.9 Å². The van der Waals surface area contributed by atoms with Crippen LogP contribution < -0.4 is 0 Å². The highest BCUT2D eigenvalue weighted by atomic mass is 28.4. The van der Waals surface area contributed by atoms with Crippen molar-refractivity contribution < 1.29 is 9.59 Å². The van der Waals surface area contributed by atoms with Crippen LogP contribution in [0.15, 0.2) is 0 Å². The molecule has 0 aliphatic heterocycles. The summed E-state index contributed by atoms with van der Waals surface area (Å²) in [5.74, 6) is 0.0872. The molecule has 0 radical (unpaired) electrons. The third-order valence-corrected chi connectivity index (χ3v) is 2.04. The van der Waals surface area contributed by atoms with Gasteiger partial charge in [-0.25, -0.2) is 0 Å². The maximum atomic E-state index is 10.3. The Kier molecular flexibility index (Phi) is 2.37. The summed E-state index contributed by atoms with van der Waals surface area (Å²) in [6.45, 7) is 5.02. The van der Waals surface area contributed by atoms with Gasteiger partial charge in [-0.15, -0.1) is 0 Å². The van der Waals surface area contributed by atoms with Crippen molar-refractivity contribution in [2.75, 3.05) is 0 Å². The molecule has 3 heteroatoms. The van der Waals surface area contributed by atoms with Crippen molar-refractivity contribution in [3.63, 3.8) is 0 Å². The number of hydrogen-bond acceptors (Lipinski definition) is 2. The van der Waals surface area contributed by atoms with E-state index < -0.39 is 8.32 Å². The maximum absolute atomic E-state index is 10.3. The molecule has 0 bridgehead atoms. The van der Waals surface area contributed by atoms with Crippen molar-refractivity contribution in [1.82, 2.24) is 0 Å². The summed E-state index contributed by atoms with van der Waals surface area (Å²) in [6.07, 6.45) is 0. The van der Waals surface area contributed by atoms with Gasteiger partial charge in [-0.1, -0.05) is 0 Å². The molecule has 48 valence electrons. The van der Waals surface area contributed by atoms with Crippen molar-refractivity contribution in [1.29, 1.82) is 0 Å². The second-order valence-electron chi connectivity index (χ2n) is 2.69. The normalized spacial score (nSPS) is 11.5. The minimum atomic E-state index is -2.07. The van der Waals surface area contributed by atoms with Crippen LogP contribution in [0.1, 0.15) is 6.92 Å². The molecule has 0 saturated heterocycles. The average Bonchev–Trinajstić information content (AvgIpc) is 1.21. The standard InChI is InChI=1S/C5H12O2Si/c1-5(6)4-8(2,3)7/h7H,4H2,1-3H3. The van der Waals surface area contributed by atoms with E-state index in [-0.39, 0.29) is 5.78 Å². The number of hydrogen-bond donors (Lipinski definition) is 1. The lowest BCUT2D eigenvalue weighted by Gasteiger charge is -2.09. The Labute approximate surface area is 50.7 Å². The lowest BCUT2D eigenvalue weighted by Crippen LogP contribution is -2.27. The summed E-state index contributed by atoms with van der Waals surface area (Å²) in [5.41, 5.74) is 0. The molecule has 2 nitrogen and oxygen atoms in total. The van der Waals surface area contributed by atoms with Gasteiger partial charge in [0.05, 0.1) is 0 Å². The summed E-state index contributed by atoms with van der Waals surface area (Å²) < 4.78 is 0. The first-order chi connectivity index (χ1) is 3.42. The van der Waals surface area contributed by atoms with E-state index in [1.807, 2.05) is 0 Å². The molecule has 0 spiro atoms. The quantitative estimate of drug-likeness (QED) is 0.563. The van der Waals surface area contributed by atoms with Crippen molar-refractivity contribution in [3.05, 3.63) is 0 Å². The molecule has 0 aromatic carbocycles. The molecule has 0 aliphatic carbocycles. The van der Waals surface area contributed by atoms with Gasteiger partial charge in [-0.3, -0.25) is 0 Å². The second kappa shape index (κ2) is 2.41. The Morgan fingerprint density at radius 2 is 2.00 bits per heavy atom. The van der Waals surface area contributed by atoms with Crippen molar-refractivity contribution in [2.24, 2.45) is 0 Å². The first kappa shape index (κ1) is 7.85. The summed E-state index contributed by atoms with van der Waals surface area (Å²) in [7, 11) is -2.07. The summed E-state index contributed by atoms with van der Waals surface area (Å²) in [6, 6.07) is 0.382. The lowest BCUT2D eigenvalue weighted by atomic mass is 10.5. The van der Waals surface area contributed by atoms with Gasteiger partial charge >= 0.3 is 0 Å². The van der Waals surface area contributed by atoms with Crippen LogP contribution in [0.25, 0.3) is 0 Å². The Hall–Kier alpha value is -0.153. The highest BCUT2D eigenvalue weighted by Gasteiger charge is 2.18. The molecule has 1 N–H and O–H groups in total. The minimum Gasteiger partial charge on any atom is -0.432 e. The van der Waals surface area contributed by atoms with Gasteiger partial charge in [0.1, 0.15) is 5.78 Å². The fourth-order valence-corrected chi connectivity index (χ4v) is 1.83. The van der Waals surface area contributed by atoms with Gasteiger partial charge in [0.2, 0.25) is 0 Å². The molecule has 8 heavy (non-hydrogen) atoms. The maximum Gasteiger partial charge on any atom is 0.189 e. The van der Waals surface area contributed by atoms with E-state index in [4.69, 9.17) is 4.80 Å². The Bertz CT molecular complexity index is 93.1. The summed E-state index contributed by atoms with van der Waals surface area (Å²) in [5, 5.41) is 0. The SMILES string of the molecule is CC(=O)C[Si](C)(C)O. The van der Waals surface area contributed by atoms with E-state index in [0.717, 1.165) is 0 Å². The zero-order valence-corrected chi connectivity index (χ0v) is 6.56. The lowest BCUT2D eigenvalue weighted by molar-refractivity contribution is -0.115. The number of ketones is 1. The Morgan fingerprint density at radius 3 is 2.00 bits per heavy atom. The minimum absolute atomic E-state index is 0.0872. The zero-order valence-electron chi connectivity index (χ0n) is 5.56. The van der Waals surface area contributed by atoms with Crippen molar-refractivity contribution in [2.45, 2.75) is 26.1 Å². The van der Waals surface area contributed by atoms with Crippen LogP contribution in [0.3, 0.4) is 0 Å². The molecule has 0 saturated carbocycles. The van der Waals surface area contributed by atoms with E-state index in [0.29, 0.717) is 6.04 Å². The smallest absolute Gasteiger partial charge is 0.189 e. The van der Waals surface area contributed by atoms with Gasteiger partial charge in [-0.05, 0) is 20.0 Å².